The van der Waals surface area contributed by atoms with Crippen molar-refractivity contribution in [2.75, 3.05) is 13.1 Å². The average molecular weight is 252 g/mol. The molecule has 2 rings (SSSR count). The second-order valence-electron chi connectivity index (χ2n) is 6.17. The molecule has 0 spiro atoms. The first-order chi connectivity index (χ1) is 8.75. The normalized spacial score (nSPS) is 29.4. The van der Waals surface area contributed by atoms with E-state index >= 15 is 0 Å². The number of rotatable bonds is 5. The Morgan fingerprint density at radius 1 is 1.22 bits per heavy atom. The molecule has 2 N–H and O–H groups in total. The molecule has 1 heterocycles. The van der Waals surface area contributed by atoms with Crippen LogP contribution in [-0.4, -0.2) is 25.0 Å². The van der Waals surface area contributed by atoms with Crippen LogP contribution < -0.4 is 10.6 Å². The van der Waals surface area contributed by atoms with Crippen LogP contribution in [0.4, 0.5) is 0 Å². The molecule has 0 aromatic carbocycles. The molecule has 2 fully saturated rings. The third-order valence-electron chi connectivity index (χ3n) is 4.70. The zero-order chi connectivity index (χ0) is 12.8. The molecule has 0 aromatic rings. The lowest BCUT2D eigenvalue weighted by molar-refractivity contribution is -0.121. The smallest absolute Gasteiger partial charge is 0.220 e. The molecular weight excluding hydrogens is 224 g/mol. The highest BCUT2D eigenvalue weighted by Crippen LogP contribution is 2.28. The summed E-state index contributed by atoms with van der Waals surface area (Å²) in [6.07, 6.45) is 9.81. The Labute approximate surface area is 111 Å². The fraction of sp³-hybridized carbons (Fsp3) is 0.933. The standard InChI is InChI=1S/C15H28N2O/c1-12-5-4-10-16-14(12)11-17-15(18)9-8-13-6-2-3-7-13/h12-14,16H,2-11H2,1H3,(H,17,18). The van der Waals surface area contributed by atoms with Crippen LogP contribution in [0.3, 0.4) is 0 Å². The van der Waals surface area contributed by atoms with Gasteiger partial charge in [-0.25, -0.2) is 0 Å². The number of nitrogens with one attached hydrogen (secondary N) is 2. The van der Waals surface area contributed by atoms with Gasteiger partial charge in [0.1, 0.15) is 0 Å². The van der Waals surface area contributed by atoms with Gasteiger partial charge in [0.25, 0.3) is 0 Å². The van der Waals surface area contributed by atoms with Crippen molar-refractivity contribution >= 4 is 5.91 Å². The summed E-state index contributed by atoms with van der Waals surface area (Å²) in [5.74, 6) is 1.76. The first-order valence-corrected chi connectivity index (χ1v) is 7.76. The van der Waals surface area contributed by atoms with Crippen LogP contribution >= 0.6 is 0 Å². The summed E-state index contributed by atoms with van der Waals surface area (Å²) in [6.45, 7) is 4.19. The third kappa shape index (κ3) is 4.27. The largest absolute Gasteiger partial charge is 0.355 e. The Balaban J connectivity index is 1.58. The van der Waals surface area contributed by atoms with Gasteiger partial charge in [-0.15, -0.1) is 0 Å². The van der Waals surface area contributed by atoms with Gasteiger partial charge in [0.2, 0.25) is 5.91 Å². The fourth-order valence-corrected chi connectivity index (χ4v) is 3.33. The summed E-state index contributed by atoms with van der Waals surface area (Å²) in [6, 6.07) is 0.481. The molecule has 2 atom stereocenters. The molecule has 1 aliphatic carbocycles. The van der Waals surface area contributed by atoms with Gasteiger partial charge in [0, 0.05) is 19.0 Å². The summed E-state index contributed by atoms with van der Waals surface area (Å²) >= 11 is 0. The van der Waals surface area contributed by atoms with Crippen molar-refractivity contribution in [1.29, 1.82) is 0 Å². The van der Waals surface area contributed by atoms with Crippen LogP contribution in [-0.2, 0) is 4.79 Å². The summed E-state index contributed by atoms with van der Waals surface area (Å²) in [7, 11) is 0. The highest BCUT2D eigenvalue weighted by atomic mass is 16.1. The van der Waals surface area contributed by atoms with Crippen molar-refractivity contribution < 1.29 is 4.79 Å². The van der Waals surface area contributed by atoms with E-state index in [1.807, 2.05) is 0 Å². The van der Waals surface area contributed by atoms with E-state index < -0.39 is 0 Å². The van der Waals surface area contributed by atoms with Crippen molar-refractivity contribution in [3.05, 3.63) is 0 Å². The number of amides is 1. The molecule has 18 heavy (non-hydrogen) atoms. The van der Waals surface area contributed by atoms with E-state index in [1.165, 1.54) is 38.5 Å². The van der Waals surface area contributed by atoms with Crippen molar-refractivity contribution in [1.82, 2.24) is 10.6 Å². The number of hydrogen-bond acceptors (Lipinski definition) is 2. The minimum atomic E-state index is 0.251. The molecular formula is C15H28N2O. The van der Waals surface area contributed by atoms with E-state index in [-0.39, 0.29) is 5.91 Å². The Morgan fingerprint density at radius 2 is 2.00 bits per heavy atom. The highest BCUT2D eigenvalue weighted by Gasteiger charge is 2.21. The number of carbonyl (C=O) groups excluding carboxylic acids is 1. The highest BCUT2D eigenvalue weighted by molar-refractivity contribution is 5.75. The maximum absolute atomic E-state index is 11.8. The molecule has 104 valence electrons. The lowest BCUT2D eigenvalue weighted by Crippen LogP contribution is -2.47. The van der Waals surface area contributed by atoms with Gasteiger partial charge < -0.3 is 10.6 Å². The van der Waals surface area contributed by atoms with Crippen LogP contribution in [0.25, 0.3) is 0 Å². The van der Waals surface area contributed by atoms with Gasteiger partial charge in [0.05, 0.1) is 0 Å². The van der Waals surface area contributed by atoms with Crippen molar-refractivity contribution in [2.24, 2.45) is 11.8 Å². The van der Waals surface area contributed by atoms with Crippen molar-refractivity contribution in [3.8, 4) is 0 Å². The zero-order valence-corrected chi connectivity index (χ0v) is 11.7. The number of piperidine rings is 1. The Morgan fingerprint density at radius 3 is 2.72 bits per heavy atom. The van der Waals surface area contributed by atoms with Gasteiger partial charge in [-0.2, -0.15) is 0 Å². The van der Waals surface area contributed by atoms with E-state index in [1.54, 1.807) is 0 Å². The Bertz CT molecular complexity index is 261. The topological polar surface area (TPSA) is 41.1 Å². The monoisotopic (exact) mass is 252 g/mol. The minimum Gasteiger partial charge on any atom is -0.355 e. The molecule has 0 aromatic heterocycles. The zero-order valence-electron chi connectivity index (χ0n) is 11.7. The first-order valence-electron chi connectivity index (χ1n) is 7.76. The van der Waals surface area contributed by atoms with E-state index in [9.17, 15) is 4.79 Å². The average Bonchev–Trinajstić information content (AvgIpc) is 2.88. The second-order valence-corrected chi connectivity index (χ2v) is 6.17. The molecule has 2 aliphatic rings. The number of carbonyl (C=O) groups is 1. The van der Waals surface area contributed by atoms with Crippen molar-refractivity contribution in [2.45, 2.75) is 64.3 Å². The third-order valence-corrected chi connectivity index (χ3v) is 4.70. The molecule has 1 saturated carbocycles. The predicted molar refractivity (Wildman–Crippen MR) is 74.4 cm³/mol. The summed E-state index contributed by atoms with van der Waals surface area (Å²) in [5.41, 5.74) is 0. The van der Waals surface area contributed by atoms with Gasteiger partial charge in [-0.1, -0.05) is 32.6 Å². The van der Waals surface area contributed by atoms with E-state index in [0.717, 1.165) is 31.8 Å². The molecule has 2 unspecified atom stereocenters. The van der Waals surface area contributed by atoms with Crippen molar-refractivity contribution in [3.63, 3.8) is 0 Å². The van der Waals surface area contributed by atoms with Gasteiger partial charge in [0.15, 0.2) is 0 Å². The summed E-state index contributed by atoms with van der Waals surface area (Å²) < 4.78 is 0. The molecule has 0 bridgehead atoms. The van der Waals surface area contributed by atoms with Gasteiger partial charge in [-0.05, 0) is 37.6 Å². The van der Waals surface area contributed by atoms with Crippen LogP contribution in [0, 0.1) is 11.8 Å². The van der Waals surface area contributed by atoms with Crippen LogP contribution in [0.15, 0.2) is 0 Å². The summed E-state index contributed by atoms with van der Waals surface area (Å²) in [5, 5.41) is 6.61. The molecule has 1 saturated heterocycles. The molecule has 1 amide bonds. The molecule has 3 nitrogen and oxygen atoms in total. The molecule has 0 radical (unpaired) electrons. The van der Waals surface area contributed by atoms with Gasteiger partial charge >= 0.3 is 0 Å². The second kappa shape index (κ2) is 7.13. The first kappa shape index (κ1) is 13.9. The quantitative estimate of drug-likeness (QED) is 0.789. The van der Waals surface area contributed by atoms with E-state index in [2.05, 4.69) is 17.6 Å². The lowest BCUT2D eigenvalue weighted by Gasteiger charge is -2.30. The fourth-order valence-electron chi connectivity index (χ4n) is 3.33. The van der Waals surface area contributed by atoms with E-state index in [4.69, 9.17) is 0 Å². The number of hydrogen-bond donors (Lipinski definition) is 2. The lowest BCUT2D eigenvalue weighted by atomic mass is 9.92. The predicted octanol–water partition coefficient (Wildman–Crippen LogP) is 2.46. The Kier molecular flexibility index (Phi) is 5.48. The van der Waals surface area contributed by atoms with Crippen LogP contribution in [0.5, 0.6) is 0 Å². The van der Waals surface area contributed by atoms with E-state index in [0.29, 0.717) is 12.0 Å². The maximum atomic E-state index is 11.8. The molecule has 3 heteroatoms. The van der Waals surface area contributed by atoms with Crippen LogP contribution in [0.1, 0.15) is 58.3 Å². The molecule has 1 aliphatic heterocycles. The van der Waals surface area contributed by atoms with Gasteiger partial charge in [-0.3, -0.25) is 4.79 Å². The Hall–Kier alpha value is -0.570. The summed E-state index contributed by atoms with van der Waals surface area (Å²) in [4.78, 5) is 11.8. The SMILES string of the molecule is CC1CCCNC1CNC(=O)CCC1CCCC1. The maximum Gasteiger partial charge on any atom is 0.220 e. The van der Waals surface area contributed by atoms with Crippen LogP contribution in [0.2, 0.25) is 0 Å². The minimum absolute atomic E-state index is 0.251.